The van der Waals surface area contributed by atoms with E-state index in [1.807, 2.05) is 0 Å². The minimum absolute atomic E-state index is 0.0471. The standard InChI is InChI=1S/C24H24BrFN2O3/c25-18-8-12-20(13-9-18)28-22(29)14-21(24(28)31)27(15-16-6-10-19(26)11-7-16)23(30)17-4-2-1-3-5-17/h6-13,17,21H,1-5,14-15H2. The van der Waals surface area contributed by atoms with Gasteiger partial charge in [0.1, 0.15) is 11.9 Å². The van der Waals surface area contributed by atoms with Crippen LogP contribution >= 0.6 is 15.9 Å². The van der Waals surface area contributed by atoms with E-state index in [4.69, 9.17) is 0 Å². The van der Waals surface area contributed by atoms with Gasteiger partial charge >= 0.3 is 0 Å². The molecule has 5 nitrogen and oxygen atoms in total. The highest BCUT2D eigenvalue weighted by molar-refractivity contribution is 9.10. The van der Waals surface area contributed by atoms with E-state index in [1.54, 1.807) is 41.3 Å². The van der Waals surface area contributed by atoms with Crippen molar-refractivity contribution in [3.8, 4) is 0 Å². The fourth-order valence-electron chi connectivity index (χ4n) is 4.43. The zero-order valence-corrected chi connectivity index (χ0v) is 18.7. The molecule has 1 saturated carbocycles. The highest BCUT2D eigenvalue weighted by Gasteiger charge is 2.45. The Hall–Kier alpha value is -2.54. The first-order valence-corrected chi connectivity index (χ1v) is 11.4. The third-order valence-electron chi connectivity index (χ3n) is 6.09. The topological polar surface area (TPSA) is 57.7 Å². The van der Waals surface area contributed by atoms with Gasteiger partial charge in [0.25, 0.3) is 5.91 Å². The lowest BCUT2D eigenvalue weighted by molar-refractivity contribution is -0.143. The van der Waals surface area contributed by atoms with Crippen LogP contribution in [-0.2, 0) is 20.9 Å². The van der Waals surface area contributed by atoms with Gasteiger partial charge in [0.15, 0.2) is 0 Å². The van der Waals surface area contributed by atoms with Crippen LogP contribution in [0.2, 0.25) is 0 Å². The summed E-state index contributed by atoms with van der Waals surface area (Å²) in [6.45, 7) is 0.174. The molecule has 1 unspecified atom stereocenters. The van der Waals surface area contributed by atoms with Gasteiger partial charge in [-0.15, -0.1) is 0 Å². The summed E-state index contributed by atoms with van der Waals surface area (Å²) >= 11 is 3.36. The molecule has 0 spiro atoms. The summed E-state index contributed by atoms with van der Waals surface area (Å²) in [4.78, 5) is 42.3. The maximum Gasteiger partial charge on any atom is 0.257 e. The number of hydrogen-bond acceptors (Lipinski definition) is 3. The fraction of sp³-hybridized carbons (Fsp3) is 0.375. The Kier molecular flexibility index (Phi) is 6.51. The molecule has 0 radical (unpaired) electrons. The van der Waals surface area contributed by atoms with E-state index < -0.39 is 11.9 Å². The fourth-order valence-corrected chi connectivity index (χ4v) is 4.70. The summed E-state index contributed by atoms with van der Waals surface area (Å²) in [5.41, 5.74) is 1.22. The molecule has 0 N–H and O–H groups in total. The lowest BCUT2D eigenvalue weighted by atomic mass is 9.87. The number of benzene rings is 2. The molecule has 4 rings (SSSR count). The van der Waals surface area contributed by atoms with Crippen molar-refractivity contribution in [1.82, 2.24) is 4.90 Å². The quantitative estimate of drug-likeness (QED) is 0.568. The Morgan fingerprint density at radius 2 is 1.65 bits per heavy atom. The number of carbonyl (C=O) groups is 3. The zero-order chi connectivity index (χ0) is 22.0. The molecule has 162 valence electrons. The van der Waals surface area contributed by atoms with Gasteiger partial charge < -0.3 is 4.90 Å². The molecular formula is C24H24BrFN2O3. The van der Waals surface area contributed by atoms with E-state index >= 15 is 0 Å². The average molecular weight is 487 g/mol. The third-order valence-corrected chi connectivity index (χ3v) is 6.62. The highest BCUT2D eigenvalue weighted by atomic mass is 79.9. The Morgan fingerprint density at radius 3 is 2.29 bits per heavy atom. The van der Waals surface area contributed by atoms with E-state index in [2.05, 4.69) is 15.9 Å². The van der Waals surface area contributed by atoms with Crippen LogP contribution in [0.1, 0.15) is 44.1 Å². The van der Waals surface area contributed by atoms with Gasteiger partial charge in [0.2, 0.25) is 11.8 Å². The average Bonchev–Trinajstić information content (AvgIpc) is 3.08. The number of rotatable bonds is 5. The second-order valence-corrected chi connectivity index (χ2v) is 9.11. The molecule has 31 heavy (non-hydrogen) atoms. The molecule has 1 heterocycles. The van der Waals surface area contributed by atoms with E-state index in [-0.39, 0.29) is 36.5 Å². The van der Waals surface area contributed by atoms with Crippen molar-refractivity contribution in [2.24, 2.45) is 5.92 Å². The van der Waals surface area contributed by atoms with Crippen molar-refractivity contribution in [2.45, 2.75) is 51.1 Å². The van der Waals surface area contributed by atoms with Crippen LogP contribution in [0, 0.1) is 11.7 Å². The maximum atomic E-state index is 13.5. The van der Waals surface area contributed by atoms with E-state index in [0.717, 1.165) is 42.1 Å². The number of halogens is 2. The second kappa shape index (κ2) is 9.30. The Bertz CT molecular complexity index is 971. The first-order chi connectivity index (χ1) is 14.9. The second-order valence-electron chi connectivity index (χ2n) is 8.19. The van der Waals surface area contributed by atoms with Gasteiger partial charge in [-0.1, -0.05) is 47.3 Å². The summed E-state index contributed by atoms with van der Waals surface area (Å²) in [6, 6.07) is 12.0. The molecule has 2 fully saturated rings. The number of anilines is 1. The molecular weight excluding hydrogens is 463 g/mol. The Balaban J connectivity index is 1.62. The first-order valence-electron chi connectivity index (χ1n) is 10.6. The minimum Gasteiger partial charge on any atom is -0.326 e. The Morgan fingerprint density at radius 1 is 1.00 bits per heavy atom. The van der Waals surface area contributed by atoms with Crippen molar-refractivity contribution in [3.63, 3.8) is 0 Å². The van der Waals surface area contributed by atoms with Crippen molar-refractivity contribution in [1.29, 1.82) is 0 Å². The summed E-state index contributed by atoms with van der Waals surface area (Å²) < 4.78 is 14.2. The van der Waals surface area contributed by atoms with Crippen LogP contribution in [-0.4, -0.2) is 28.7 Å². The summed E-state index contributed by atoms with van der Waals surface area (Å²) in [5.74, 6) is -1.30. The lowest BCUT2D eigenvalue weighted by Crippen LogP contribution is -2.47. The largest absolute Gasteiger partial charge is 0.326 e. The predicted octanol–water partition coefficient (Wildman–Crippen LogP) is 4.83. The molecule has 2 aliphatic rings. The molecule has 0 bridgehead atoms. The normalized spacial score (nSPS) is 19.7. The monoisotopic (exact) mass is 486 g/mol. The molecule has 1 atom stereocenters. The van der Waals surface area contributed by atoms with Crippen LogP contribution in [0.15, 0.2) is 53.0 Å². The molecule has 2 aromatic rings. The molecule has 2 aromatic carbocycles. The van der Waals surface area contributed by atoms with E-state index in [1.165, 1.54) is 17.0 Å². The summed E-state index contributed by atoms with van der Waals surface area (Å²) in [5, 5.41) is 0. The number of imide groups is 1. The number of nitrogens with zero attached hydrogens (tertiary/aromatic N) is 2. The zero-order valence-electron chi connectivity index (χ0n) is 17.1. The number of hydrogen-bond donors (Lipinski definition) is 0. The molecule has 3 amide bonds. The third kappa shape index (κ3) is 4.71. The van der Waals surface area contributed by atoms with Gasteiger partial charge in [0.05, 0.1) is 12.1 Å². The van der Waals surface area contributed by atoms with Crippen molar-refractivity contribution >= 4 is 39.3 Å². The number of amides is 3. The molecule has 1 aliphatic carbocycles. The lowest BCUT2D eigenvalue weighted by Gasteiger charge is -2.32. The maximum absolute atomic E-state index is 13.5. The van der Waals surface area contributed by atoms with E-state index in [9.17, 15) is 18.8 Å². The van der Waals surface area contributed by atoms with Crippen LogP contribution in [0.4, 0.5) is 10.1 Å². The SMILES string of the molecule is O=C1CC(N(Cc2ccc(F)cc2)C(=O)C2CCCCC2)C(=O)N1c1ccc(Br)cc1. The highest BCUT2D eigenvalue weighted by Crippen LogP contribution is 2.31. The summed E-state index contributed by atoms with van der Waals surface area (Å²) in [7, 11) is 0. The van der Waals surface area contributed by atoms with Crippen molar-refractivity contribution in [2.75, 3.05) is 4.90 Å². The van der Waals surface area contributed by atoms with Crippen molar-refractivity contribution in [3.05, 3.63) is 64.4 Å². The predicted molar refractivity (Wildman–Crippen MR) is 119 cm³/mol. The smallest absolute Gasteiger partial charge is 0.257 e. The van der Waals surface area contributed by atoms with Gasteiger partial charge in [-0.3, -0.25) is 14.4 Å². The van der Waals surface area contributed by atoms with Crippen LogP contribution in [0.25, 0.3) is 0 Å². The van der Waals surface area contributed by atoms with Crippen LogP contribution in [0.3, 0.4) is 0 Å². The van der Waals surface area contributed by atoms with Gasteiger partial charge in [-0.2, -0.15) is 0 Å². The van der Waals surface area contributed by atoms with Crippen molar-refractivity contribution < 1.29 is 18.8 Å². The first kappa shape index (κ1) is 21.7. The minimum atomic E-state index is -0.851. The van der Waals surface area contributed by atoms with Crippen LogP contribution < -0.4 is 4.90 Å². The number of carbonyl (C=O) groups excluding carboxylic acids is 3. The summed E-state index contributed by atoms with van der Waals surface area (Å²) in [6.07, 6.45) is 4.63. The van der Waals surface area contributed by atoms with Crippen LogP contribution in [0.5, 0.6) is 0 Å². The molecule has 1 aliphatic heterocycles. The van der Waals surface area contributed by atoms with E-state index in [0.29, 0.717) is 5.69 Å². The van der Waals surface area contributed by atoms with Gasteiger partial charge in [0, 0.05) is 16.9 Å². The van der Waals surface area contributed by atoms with Gasteiger partial charge in [-0.25, -0.2) is 9.29 Å². The Labute approximate surface area is 189 Å². The van der Waals surface area contributed by atoms with Gasteiger partial charge in [-0.05, 0) is 54.8 Å². The molecule has 0 aromatic heterocycles. The molecule has 1 saturated heterocycles. The molecule has 7 heteroatoms.